The molecule has 1 aliphatic carbocycles. The van der Waals surface area contributed by atoms with Gasteiger partial charge in [-0.15, -0.1) is 0 Å². The molecule has 1 saturated heterocycles. The molecule has 1 atom stereocenters. The van der Waals surface area contributed by atoms with Crippen LogP contribution in [0.1, 0.15) is 51.0 Å². The fourth-order valence-electron chi connectivity index (χ4n) is 3.53. The first-order valence-electron chi connectivity index (χ1n) is 7.82. The molecule has 1 aromatic rings. The summed E-state index contributed by atoms with van der Waals surface area (Å²) in [6, 6.07) is 6.26. The summed E-state index contributed by atoms with van der Waals surface area (Å²) in [5, 5.41) is 3.63. The van der Waals surface area contributed by atoms with Gasteiger partial charge in [0.1, 0.15) is 0 Å². The van der Waals surface area contributed by atoms with Gasteiger partial charge < -0.3 is 14.8 Å². The highest BCUT2D eigenvalue weighted by Gasteiger charge is 2.34. The highest BCUT2D eigenvalue weighted by atomic mass is 16.5. The van der Waals surface area contributed by atoms with Gasteiger partial charge >= 0.3 is 0 Å². The largest absolute Gasteiger partial charge is 0.493 e. The minimum atomic E-state index is 0.0163. The molecule has 3 heteroatoms. The van der Waals surface area contributed by atoms with Gasteiger partial charge in [0.05, 0.1) is 13.2 Å². The van der Waals surface area contributed by atoms with Crippen LogP contribution in [0.2, 0.25) is 0 Å². The molecule has 0 radical (unpaired) electrons. The zero-order valence-electron chi connectivity index (χ0n) is 12.6. The summed E-state index contributed by atoms with van der Waals surface area (Å²) in [6.45, 7) is 3.35. The molecule has 0 bridgehead atoms. The topological polar surface area (TPSA) is 30.5 Å². The van der Waals surface area contributed by atoms with Crippen LogP contribution in [-0.4, -0.2) is 19.8 Å². The fourth-order valence-corrected chi connectivity index (χ4v) is 3.53. The lowest BCUT2D eigenvalue weighted by atomic mass is 9.89. The predicted molar refractivity (Wildman–Crippen MR) is 80.5 cm³/mol. The lowest BCUT2D eigenvalue weighted by molar-refractivity contribution is 0.193. The van der Waals surface area contributed by atoms with Crippen molar-refractivity contribution in [3.63, 3.8) is 0 Å². The third-order valence-corrected chi connectivity index (χ3v) is 4.75. The lowest BCUT2D eigenvalue weighted by Gasteiger charge is -2.29. The van der Waals surface area contributed by atoms with Gasteiger partial charge in [0.15, 0.2) is 11.5 Å². The highest BCUT2D eigenvalue weighted by Crippen LogP contribution is 2.42. The molecule has 0 spiro atoms. The summed E-state index contributed by atoms with van der Waals surface area (Å²) >= 11 is 0. The van der Waals surface area contributed by atoms with Crippen molar-refractivity contribution in [1.29, 1.82) is 0 Å². The number of hydrogen-bond donors (Lipinski definition) is 1. The van der Waals surface area contributed by atoms with Crippen molar-refractivity contribution in [3.8, 4) is 11.5 Å². The number of methoxy groups -OCH3 is 1. The second-order valence-corrected chi connectivity index (χ2v) is 6.22. The van der Waals surface area contributed by atoms with Gasteiger partial charge in [0.25, 0.3) is 0 Å². The van der Waals surface area contributed by atoms with E-state index in [1.807, 2.05) is 6.07 Å². The number of nitrogens with one attached hydrogen (secondary N) is 1. The molecule has 1 aliphatic heterocycles. The monoisotopic (exact) mass is 275 g/mol. The van der Waals surface area contributed by atoms with Gasteiger partial charge in [-0.25, -0.2) is 0 Å². The highest BCUT2D eigenvalue weighted by molar-refractivity contribution is 5.50. The van der Waals surface area contributed by atoms with Gasteiger partial charge in [0.2, 0.25) is 0 Å². The molecule has 110 valence electrons. The third kappa shape index (κ3) is 2.51. The summed E-state index contributed by atoms with van der Waals surface area (Å²) in [6.07, 6.45) is 7.63. The van der Waals surface area contributed by atoms with Crippen molar-refractivity contribution in [2.75, 3.05) is 13.7 Å². The van der Waals surface area contributed by atoms with E-state index in [1.165, 1.54) is 37.7 Å². The maximum atomic E-state index is 6.34. The van der Waals surface area contributed by atoms with E-state index < -0.39 is 0 Å². The Morgan fingerprint density at radius 1 is 1.20 bits per heavy atom. The van der Waals surface area contributed by atoms with Crippen LogP contribution in [0.3, 0.4) is 0 Å². The first-order chi connectivity index (χ1) is 9.73. The Balaban J connectivity index is 1.95. The standard InChI is InChI=1S/C17H25NO2/c1-17(11-6-12-18-17)14-9-5-10-15(19-2)16(14)20-13-7-3-4-8-13/h5,9-10,13,18H,3-4,6-8,11-12H2,1-2H3. The Hall–Kier alpha value is -1.22. The molecule has 1 N–H and O–H groups in total. The van der Waals surface area contributed by atoms with Crippen LogP contribution in [0.5, 0.6) is 11.5 Å². The van der Waals surface area contributed by atoms with E-state index in [-0.39, 0.29) is 5.54 Å². The first-order valence-corrected chi connectivity index (χ1v) is 7.82. The SMILES string of the molecule is COc1cccc(C2(C)CCCN2)c1OC1CCCC1. The Morgan fingerprint density at radius 3 is 2.65 bits per heavy atom. The summed E-state index contributed by atoms with van der Waals surface area (Å²) in [4.78, 5) is 0. The zero-order chi connectivity index (χ0) is 14.0. The van der Waals surface area contributed by atoms with E-state index in [0.717, 1.165) is 24.5 Å². The Kier molecular flexibility index (Phi) is 3.88. The molecule has 1 saturated carbocycles. The average Bonchev–Trinajstić information content (AvgIpc) is 3.11. The number of hydrogen-bond acceptors (Lipinski definition) is 3. The van der Waals surface area contributed by atoms with E-state index >= 15 is 0 Å². The predicted octanol–water partition coefficient (Wildman–Crippen LogP) is 3.62. The van der Waals surface area contributed by atoms with Crippen molar-refractivity contribution in [1.82, 2.24) is 5.32 Å². The third-order valence-electron chi connectivity index (χ3n) is 4.75. The van der Waals surface area contributed by atoms with Crippen molar-refractivity contribution in [2.45, 2.75) is 57.1 Å². The van der Waals surface area contributed by atoms with Crippen molar-refractivity contribution in [2.24, 2.45) is 0 Å². The van der Waals surface area contributed by atoms with Gasteiger partial charge in [-0.05, 0) is 58.1 Å². The Morgan fingerprint density at radius 2 is 2.00 bits per heavy atom. The molecule has 1 aromatic carbocycles. The molecule has 0 amide bonds. The summed E-state index contributed by atoms with van der Waals surface area (Å²) in [5.41, 5.74) is 1.27. The molecule has 3 rings (SSSR count). The summed E-state index contributed by atoms with van der Waals surface area (Å²) in [7, 11) is 1.73. The first kappa shape index (κ1) is 13.7. The zero-order valence-corrected chi connectivity index (χ0v) is 12.6. The molecule has 2 aliphatic rings. The molecule has 3 nitrogen and oxygen atoms in total. The summed E-state index contributed by atoms with van der Waals surface area (Å²) < 4.78 is 11.9. The van der Waals surface area contributed by atoms with E-state index in [1.54, 1.807) is 7.11 Å². The number of ether oxygens (including phenoxy) is 2. The smallest absolute Gasteiger partial charge is 0.166 e. The minimum absolute atomic E-state index is 0.0163. The normalized spacial score (nSPS) is 26.9. The average molecular weight is 275 g/mol. The van der Waals surface area contributed by atoms with E-state index in [2.05, 4.69) is 24.4 Å². The van der Waals surface area contributed by atoms with E-state index in [0.29, 0.717) is 6.10 Å². The number of para-hydroxylation sites is 1. The van der Waals surface area contributed by atoms with Crippen LogP contribution in [0.15, 0.2) is 18.2 Å². The summed E-state index contributed by atoms with van der Waals surface area (Å²) in [5.74, 6) is 1.82. The van der Waals surface area contributed by atoms with Crippen molar-refractivity contribution in [3.05, 3.63) is 23.8 Å². The van der Waals surface area contributed by atoms with Gasteiger partial charge in [-0.2, -0.15) is 0 Å². The van der Waals surface area contributed by atoms with Crippen LogP contribution in [0.25, 0.3) is 0 Å². The van der Waals surface area contributed by atoms with Gasteiger partial charge in [-0.1, -0.05) is 12.1 Å². The fraction of sp³-hybridized carbons (Fsp3) is 0.647. The maximum absolute atomic E-state index is 6.34. The minimum Gasteiger partial charge on any atom is -0.493 e. The van der Waals surface area contributed by atoms with E-state index in [9.17, 15) is 0 Å². The lowest BCUT2D eigenvalue weighted by Crippen LogP contribution is -2.34. The maximum Gasteiger partial charge on any atom is 0.166 e. The molecule has 20 heavy (non-hydrogen) atoms. The van der Waals surface area contributed by atoms with Crippen molar-refractivity contribution >= 4 is 0 Å². The second-order valence-electron chi connectivity index (χ2n) is 6.22. The number of rotatable bonds is 4. The van der Waals surface area contributed by atoms with Crippen LogP contribution in [-0.2, 0) is 5.54 Å². The number of benzene rings is 1. The Bertz CT molecular complexity index is 460. The second kappa shape index (κ2) is 5.65. The van der Waals surface area contributed by atoms with E-state index in [4.69, 9.17) is 9.47 Å². The molecular weight excluding hydrogens is 250 g/mol. The van der Waals surface area contributed by atoms with Crippen LogP contribution in [0, 0.1) is 0 Å². The molecule has 0 aromatic heterocycles. The quantitative estimate of drug-likeness (QED) is 0.910. The van der Waals surface area contributed by atoms with Crippen LogP contribution >= 0.6 is 0 Å². The molecular formula is C17H25NO2. The van der Waals surface area contributed by atoms with Gasteiger partial charge in [0, 0.05) is 11.1 Å². The van der Waals surface area contributed by atoms with Crippen molar-refractivity contribution < 1.29 is 9.47 Å². The van der Waals surface area contributed by atoms with Crippen LogP contribution < -0.4 is 14.8 Å². The molecule has 2 fully saturated rings. The van der Waals surface area contributed by atoms with Gasteiger partial charge in [-0.3, -0.25) is 0 Å². The Labute approximate surface area is 121 Å². The van der Waals surface area contributed by atoms with Crippen LogP contribution in [0.4, 0.5) is 0 Å². The molecule has 1 unspecified atom stereocenters. The molecule has 1 heterocycles.